The van der Waals surface area contributed by atoms with Gasteiger partial charge < -0.3 is 14.5 Å². The number of hydrogen-bond donors (Lipinski definition) is 0. The average molecular weight is 265 g/mol. The Morgan fingerprint density at radius 2 is 2.16 bits per heavy atom. The van der Waals surface area contributed by atoms with E-state index < -0.39 is 0 Å². The van der Waals surface area contributed by atoms with Gasteiger partial charge in [0.15, 0.2) is 0 Å². The number of methoxy groups -OCH3 is 1. The van der Waals surface area contributed by atoms with E-state index in [0.717, 1.165) is 45.5 Å². The van der Waals surface area contributed by atoms with Crippen molar-refractivity contribution in [3.63, 3.8) is 0 Å². The van der Waals surface area contributed by atoms with Crippen molar-refractivity contribution in [1.29, 1.82) is 5.26 Å². The molecule has 0 spiro atoms. The molecule has 2 rings (SSSR count). The molecule has 1 unspecified atom stereocenters. The summed E-state index contributed by atoms with van der Waals surface area (Å²) in [5.74, 6) is 0.0802. The zero-order valence-corrected chi connectivity index (χ0v) is 11.7. The summed E-state index contributed by atoms with van der Waals surface area (Å²) in [6, 6.07) is 2.57. The van der Waals surface area contributed by atoms with Gasteiger partial charge in [-0.3, -0.25) is 4.79 Å². The summed E-state index contributed by atoms with van der Waals surface area (Å²) in [5, 5.41) is 8.91. The number of ether oxygens (including phenoxy) is 1. The van der Waals surface area contributed by atoms with Crippen molar-refractivity contribution in [1.82, 2.24) is 9.80 Å². The largest absolute Gasteiger partial charge is 0.385 e. The minimum atomic E-state index is -0.0905. The van der Waals surface area contributed by atoms with Crippen LogP contribution in [0.1, 0.15) is 25.7 Å². The van der Waals surface area contributed by atoms with Crippen LogP contribution in [-0.2, 0) is 9.53 Å². The summed E-state index contributed by atoms with van der Waals surface area (Å²) in [4.78, 5) is 16.3. The zero-order valence-electron chi connectivity index (χ0n) is 11.7. The highest BCUT2D eigenvalue weighted by atomic mass is 16.5. The maximum atomic E-state index is 11.9. The molecule has 1 atom stereocenters. The topological polar surface area (TPSA) is 56.6 Å². The molecule has 2 fully saturated rings. The lowest BCUT2D eigenvalue weighted by Crippen LogP contribution is -2.45. The van der Waals surface area contributed by atoms with Gasteiger partial charge in [-0.25, -0.2) is 0 Å². The number of hydrogen-bond acceptors (Lipinski definition) is 4. The molecule has 0 radical (unpaired) electrons. The van der Waals surface area contributed by atoms with Gasteiger partial charge in [0.1, 0.15) is 0 Å². The van der Waals surface area contributed by atoms with Crippen LogP contribution in [-0.4, -0.2) is 61.6 Å². The fraction of sp³-hybridized carbons (Fsp3) is 0.857. The molecular formula is C14H23N3O2. The smallest absolute Gasteiger partial charge is 0.224 e. The molecule has 0 aromatic heterocycles. The average Bonchev–Trinajstić information content (AvgIpc) is 2.81. The van der Waals surface area contributed by atoms with E-state index in [2.05, 4.69) is 11.0 Å². The van der Waals surface area contributed by atoms with Crippen LogP contribution in [0, 0.1) is 17.2 Å². The Hall–Kier alpha value is -1.12. The standard InChI is InChI=1S/C14H23N3O2/c1-19-8-2-5-16-6-3-13(4-7-16)17-11-12(10-15)9-14(17)18/h12-13H,2-9,11H2,1H3. The van der Waals surface area contributed by atoms with Crippen LogP contribution in [0.4, 0.5) is 0 Å². The van der Waals surface area contributed by atoms with Crippen molar-refractivity contribution < 1.29 is 9.53 Å². The van der Waals surface area contributed by atoms with Crippen LogP contribution in [0.15, 0.2) is 0 Å². The number of carbonyl (C=O) groups excluding carboxylic acids is 1. The summed E-state index contributed by atoms with van der Waals surface area (Å²) in [6.07, 6.45) is 3.57. The van der Waals surface area contributed by atoms with Gasteiger partial charge in [0.2, 0.25) is 5.91 Å². The summed E-state index contributed by atoms with van der Waals surface area (Å²) < 4.78 is 5.06. The Balaban J connectivity index is 1.74. The number of amides is 1. The monoisotopic (exact) mass is 265 g/mol. The predicted molar refractivity (Wildman–Crippen MR) is 71.4 cm³/mol. The van der Waals surface area contributed by atoms with Gasteiger partial charge in [0, 0.05) is 52.4 Å². The molecule has 2 saturated heterocycles. The highest BCUT2D eigenvalue weighted by Crippen LogP contribution is 2.25. The first-order valence-corrected chi connectivity index (χ1v) is 7.15. The normalized spacial score (nSPS) is 25.8. The molecule has 0 saturated carbocycles. The zero-order chi connectivity index (χ0) is 13.7. The molecule has 19 heavy (non-hydrogen) atoms. The second kappa shape index (κ2) is 6.88. The van der Waals surface area contributed by atoms with Crippen molar-refractivity contribution in [2.24, 2.45) is 5.92 Å². The van der Waals surface area contributed by atoms with Crippen LogP contribution in [0.2, 0.25) is 0 Å². The summed E-state index contributed by atoms with van der Waals surface area (Å²) >= 11 is 0. The van der Waals surface area contributed by atoms with Crippen LogP contribution in [0.3, 0.4) is 0 Å². The third kappa shape index (κ3) is 3.68. The Bertz CT molecular complexity index is 345. The summed E-state index contributed by atoms with van der Waals surface area (Å²) in [7, 11) is 1.73. The van der Waals surface area contributed by atoms with Crippen LogP contribution < -0.4 is 0 Å². The van der Waals surface area contributed by atoms with E-state index in [1.807, 2.05) is 4.90 Å². The summed E-state index contributed by atoms with van der Waals surface area (Å²) in [5.41, 5.74) is 0. The molecule has 0 aromatic carbocycles. The van der Waals surface area contributed by atoms with Gasteiger partial charge in [-0.15, -0.1) is 0 Å². The lowest BCUT2D eigenvalue weighted by molar-refractivity contribution is -0.130. The van der Waals surface area contributed by atoms with Crippen LogP contribution in [0.25, 0.3) is 0 Å². The van der Waals surface area contributed by atoms with E-state index in [9.17, 15) is 4.79 Å². The van der Waals surface area contributed by atoms with E-state index >= 15 is 0 Å². The van der Waals surface area contributed by atoms with Crippen LogP contribution >= 0.6 is 0 Å². The number of likely N-dealkylation sites (tertiary alicyclic amines) is 2. The number of nitrogens with zero attached hydrogens (tertiary/aromatic N) is 3. The molecule has 2 aliphatic heterocycles. The quantitative estimate of drug-likeness (QED) is 0.692. The third-order valence-electron chi connectivity index (χ3n) is 4.16. The van der Waals surface area contributed by atoms with E-state index in [-0.39, 0.29) is 11.8 Å². The van der Waals surface area contributed by atoms with E-state index in [0.29, 0.717) is 19.0 Å². The Kier molecular flexibility index (Phi) is 5.17. The number of piperidine rings is 1. The van der Waals surface area contributed by atoms with Crippen molar-refractivity contribution in [3.8, 4) is 6.07 Å². The SMILES string of the molecule is COCCCN1CCC(N2CC(C#N)CC2=O)CC1. The maximum absolute atomic E-state index is 11.9. The Morgan fingerprint density at radius 1 is 1.42 bits per heavy atom. The first-order valence-electron chi connectivity index (χ1n) is 7.15. The molecule has 2 heterocycles. The highest BCUT2D eigenvalue weighted by Gasteiger charge is 2.35. The van der Waals surface area contributed by atoms with Gasteiger partial charge in [-0.05, 0) is 19.3 Å². The van der Waals surface area contributed by atoms with Gasteiger partial charge in [0.05, 0.1) is 12.0 Å². The molecule has 0 bridgehead atoms. The predicted octanol–water partition coefficient (Wildman–Crippen LogP) is 0.859. The van der Waals surface area contributed by atoms with Gasteiger partial charge in [-0.1, -0.05) is 0 Å². The second-order valence-corrected chi connectivity index (χ2v) is 5.50. The van der Waals surface area contributed by atoms with E-state index in [4.69, 9.17) is 10.00 Å². The van der Waals surface area contributed by atoms with Crippen molar-refractivity contribution >= 4 is 5.91 Å². The lowest BCUT2D eigenvalue weighted by Gasteiger charge is -2.36. The van der Waals surface area contributed by atoms with Gasteiger partial charge in [0.25, 0.3) is 0 Å². The summed E-state index contributed by atoms with van der Waals surface area (Å²) in [6.45, 7) is 4.64. The second-order valence-electron chi connectivity index (χ2n) is 5.50. The Labute approximate surface area is 115 Å². The first kappa shape index (κ1) is 14.3. The molecule has 106 valence electrons. The lowest BCUT2D eigenvalue weighted by atomic mass is 10.0. The van der Waals surface area contributed by atoms with Crippen LogP contribution in [0.5, 0.6) is 0 Å². The fourth-order valence-corrected chi connectivity index (χ4v) is 3.06. The molecule has 0 aromatic rings. The third-order valence-corrected chi connectivity index (χ3v) is 4.16. The highest BCUT2D eigenvalue weighted by molar-refractivity contribution is 5.79. The first-order chi connectivity index (χ1) is 9.24. The number of rotatable bonds is 5. The fourth-order valence-electron chi connectivity index (χ4n) is 3.06. The number of carbonyl (C=O) groups is 1. The Morgan fingerprint density at radius 3 is 2.74 bits per heavy atom. The van der Waals surface area contributed by atoms with E-state index in [1.165, 1.54) is 0 Å². The van der Waals surface area contributed by atoms with Crippen molar-refractivity contribution in [2.75, 3.05) is 39.9 Å². The molecule has 0 aliphatic carbocycles. The van der Waals surface area contributed by atoms with Crippen molar-refractivity contribution in [3.05, 3.63) is 0 Å². The molecule has 1 amide bonds. The number of nitriles is 1. The molecule has 0 N–H and O–H groups in total. The molecule has 5 nitrogen and oxygen atoms in total. The van der Waals surface area contributed by atoms with Gasteiger partial charge in [-0.2, -0.15) is 5.26 Å². The minimum absolute atomic E-state index is 0.0905. The minimum Gasteiger partial charge on any atom is -0.385 e. The van der Waals surface area contributed by atoms with Crippen molar-refractivity contribution in [2.45, 2.75) is 31.7 Å². The van der Waals surface area contributed by atoms with E-state index in [1.54, 1.807) is 7.11 Å². The maximum Gasteiger partial charge on any atom is 0.224 e. The molecular weight excluding hydrogens is 242 g/mol. The molecule has 5 heteroatoms. The molecule has 2 aliphatic rings. The van der Waals surface area contributed by atoms with Gasteiger partial charge >= 0.3 is 0 Å².